The van der Waals surface area contributed by atoms with Gasteiger partial charge in [-0.15, -0.1) is 0 Å². The van der Waals surface area contributed by atoms with Crippen molar-refractivity contribution in [1.82, 2.24) is 5.43 Å². The van der Waals surface area contributed by atoms with Crippen molar-refractivity contribution < 1.29 is 4.42 Å². The molecule has 2 aromatic rings. The van der Waals surface area contributed by atoms with E-state index >= 15 is 0 Å². The molecule has 3 nitrogen and oxygen atoms in total. The van der Waals surface area contributed by atoms with Crippen LogP contribution in [0.5, 0.6) is 0 Å². The van der Waals surface area contributed by atoms with Crippen LogP contribution in [-0.2, 0) is 6.42 Å². The average molecular weight is 244 g/mol. The molecule has 0 amide bonds. The van der Waals surface area contributed by atoms with Crippen LogP contribution in [0.1, 0.15) is 30.6 Å². The van der Waals surface area contributed by atoms with Gasteiger partial charge in [0.25, 0.3) is 0 Å². The lowest BCUT2D eigenvalue weighted by atomic mass is 9.87. The molecule has 0 saturated heterocycles. The molecule has 2 rings (SSSR count). The first kappa shape index (κ1) is 12.9. The third-order valence-electron chi connectivity index (χ3n) is 3.37. The van der Waals surface area contributed by atoms with Crippen molar-refractivity contribution >= 4 is 0 Å². The summed E-state index contributed by atoms with van der Waals surface area (Å²) in [6.07, 6.45) is 3.54. The maximum Gasteiger partial charge on any atom is 0.105 e. The highest BCUT2D eigenvalue weighted by atomic mass is 16.3. The third kappa shape index (κ3) is 3.00. The number of nitrogens with two attached hydrogens (primary N) is 1. The molecule has 0 aliphatic carbocycles. The predicted molar refractivity (Wildman–Crippen MR) is 73.0 cm³/mol. The third-order valence-corrected chi connectivity index (χ3v) is 3.37. The van der Waals surface area contributed by atoms with E-state index in [-0.39, 0.29) is 6.04 Å². The van der Waals surface area contributed by atoms with Gasteiger partial charge < -0.3 is 4.42 Å². The van der Waals surface area contributed by atoms with Crippen LogP contribution in [0.15, 0.2) is 53.1 Å². The summed E-state index contributed by atoms with van der Waals surface area (Å²) in [5, 5.41) is 0. The van der Waals surface area contributed by atoms with Crippen LogP contribution in [0.4, 0.5) is 0 Å². The van der Waals surface area contributed by atoms with Crippen LogP contribution < -0.4 is 11.3 Å². The molecule has 0 saturated carbocycles. The largest absolute Gasteiger partial charge is 0.469 e. The van der Waals surface area contributed by atoms with E-state index in [1.807, 2.05) is 18.2 Å². The monoisotopic (exact) mass is 244 g/mol. The van der Waals surface area contributed by atoms with Crippen LogP contribution in [0.25, 0.3) is 0 Å². The fourth-order valence-corrected chi connectivity index (χ4v) is 2.42. The van der Waals surface area contributed by atoms with Gasteiger partial charge >= 0.3 is 0 Å². The van der Waals surface area contributed by atoms with Gasteiger partial charge in [0.05, 0.1) is 6.26 Å². The van der Waals surface area contributed by atoms with Gasteiger partial charge in [-0.05, 0) is 24.1 Å². The smallest absolute Gasteiger partial charge is 0.105 e. The first-order valence-corrected chi connectivity index (χ1v) is 6.38. The Bertz CT molecular complexity index is 439. The van der Waals surface area contributed by atoms with Gasteiger partial charge in [-0.1, -0.05) is 37.3 Å². The Morgan fingerprint density at radius 2 is 1.94 bits per heavy atom. The highest BCUT2D eigenvalue weighted by Gasteiger charge is 2.21. The van der Waals surface area contributed by atoms with Crippen LogP contribution in [0, 0.1) is 0 Å². The summed E-state index contributed by atoms with van der Waals surface area (Å²) < 4.78 is 5.40. The SMILES string of the molecule is CCC(c1ccccc1)C(Cc1ccco1)NN. The van der Waals surface area contributed by atoms with E-state index in [0.29, 0.717) is 5.92 Å². The number of hydrogen-bond donors (Lipinski definition) is 2. The van der Waals surface area contributed by atoms with E-state index in [9.17, 15) is 0 Å². The standard InChI is InChI=1S/C15H20N2O/c1-2-14(12-7-4-3-5-8-12)15(17-16)11-13-9-6-10-18-13/h3-10,14-15,17H,2,11,16H2,1H3. The molecule has 0 aliphatic heterocycles. The molecule has 0 spiro atoms. The van der Waals surface area contributed by atoms with E-state index in [2.05, 4.69) is 36.6 Å². The number of hydrogen-bond acceptors (Lipinski definition) is 3. The summed E-state index contributed by atoms with van der Waals surface area (Å²) in [5.74, 6) is 7.07. The average Bonchev–Trinajstić information content (AvgIpc) is 2.92. The molecule has 0 bridgehead atoms. The topological polar surface area (TPSA) is 51.2 Å². The number of nitrogens with one attached hydrogen (secondary N) is 1. The summed E-state index contributed by atoms with van der Waals surface area (Å²) in [5.41, 5.74) is 4.24. The van der Waals surface area contributed by atoms with Crippen molar-refractivity contribution in [3.63, 3.8) is 0 Å². The van der Waals surface area contributed by atoms with Gasteiger partial charge in [-0.25, -0.2) is 0 Å². The molecule has 3 heteroatoms. The van der Waals surface area contributed by atoms with Crippen molar-refractivity contribution in [3.8, 4) is 0 Å². The van der Waals surface area contributed by atoms with E-state index in [1.165, 1.54) is 5.56 Å². The zero-order chi connectivity index (χ0) is 12.8. The molecule has 0 aliphatic rings. The summed E-state index contributed by atoms with van der Waals surface area (Å²) in [4.78, 5) is 0. The molecule has 1 heterocycles. The Balaban J connectivity index is 2.14. The molecule has 1 aromatic carbocycles. The molecule has 18 heavy (non-hydrogen) atoms. The Morgan fingerprint density at radius 1 is 1.17 bits per heavy atom. The van der Waals surface area contributed by atoms with E-state index < -0.39 is 0 Å². The fraction of sp³-hybridized carbons (Fsp3) is 0.333. The lowest BCUT2D eigenvalue weighted by Crippen LogP contribution is -2.41. The fourth-order valence-electron chi connectivity index (χ4n) is 2.42. The van der Waals surface area contributed by atoms with Crippen molar-refractivity contribution in [3.05, 3.63) is 60.1 Å². The normalized spacial score (nSPS) is 14.3. The Hall–Kier alpha value is -1.58. The molecule has 96 valence electrons. The Kier molecular flexibility index (Phi) is 4.56. The van der Waals surface area contributed by atoms with Crippen molar-refractivity contribution in [2.75, 3.05) is 0 Å². The summed E-state index contributed by atoms with van der Waals surface area (Å²) in [6, 6.07) is 14.6. The van der Waals surface area contributed by atoms with Crippen molar-refractivity contribution in [1.29, 1.82) is 0 Å². The first-order valence-electron chi connectivity index (χ1n) is 6.38. The lowest BCUT2D eigenvalue weighted by molar-refractivity contribution is 0.390. The number of rotatable bonds is 6. The quantitative estimate of drug-likeness (QED) is 0.607. The molecule has 2 unspecified atom stereocenters. The second-order valence-corrected chi connectivity index (χ2v) is 4.48. The minimum atomic E-state index is 0.184. The molecule has 3 N–H and O–H groups in total. The van der Waals surface area contributed by atoms with Gasteiger partial charge in [0.1, 0.15) is 5.76 Å². The van der Waals surface area contributed by atoms with E-state index in [0.717, 1.165) is 18.6 Å². The molecular formula is C15H20N2O. The highest BCUT2D eigenvalue weighted by Crippen LogP contribution is 2.25. The molecule has 0 fully saturated rings. The first-order chi connectivity index (χ1) is 8.85. The number of furan rings is 1. The highest BCUT2D eigenvalue weighted by molar-refractivity contribution is 5.22. The zero-order valence-electron chi connectivity index (χ0n) is 10.7. The van der Waals surface area contributed by atoms with Crippen molar-refractivity contribution in [2.24, 2.45) is 5.84 Å². The van der Waals surface area contributed by atoms with Gasteiger partial charge in [0.15, 0.2) is 0 Å². The number of benzene rings is 1. The summed E-state index contributed by atoms with van der Waals surface area (Å²) >= 11 is 0. The second-order valence-electron chi connectivity index (χ2n) is 4.48. The molecular weight excluding hydrogens is 224 g/mol. The molecule has 2 atom stereocenters. The summed E-state index contributed by atoms with van der Waals surface area (Å²) in [6.45, 7) is 2.18. The minimum absolute atomic E-state index is 0.184. The van der Waals surface area contributed by atoms with Crippen LogP contribution in [-0.4, -0.2) is 6.04 Å². The van der Waals surface area contributed by atoms with E-state index in [4.69, 9.17) is 10.3 Å². The zero-order valence-corrected chi connectivity index (χ0v) is 10.7. The second kappa shape index (κ2) is 6.38. The summed E-state index contributed by atoms with van der Waals surface area (Å²) in [7, 11) is 0. The van der Waals surface area contributed by atoms with Crippen LogP contribution >= 0.6 is 0 Å². The van der Waals surface area contributed by atoms with Crippen LogP contribution in [0.2, 0.25) is 0 Å². The number of hydrazine groups is 1. The lowest BCUT2D eigenvalue weighted by Gasteiger charge is -2.25. The predicted octanol–water partition coefficient (Wildman–Crippen LogP) is 2.85. The van der Waals surface area contributed by atoms with Gasteiger partial charge in [0, 0.05) is 18.4 Å². The van der Waals surface area contributed by atoms with Gasteiger partial charge in [-0.3, -0.25) is 11.3 Å². The Labute approximate surface area is 108 Å². The van der Waals surface area contributed by atoms with Crippen molar-refractivity contribution in [2.45, 2.75) is 31.7 Å². The maximum atomic E-state index is 5.71. The Morgan fingerprint density at radius 3 is 2.50 bits per heavy atom. The minimum Gasteiger partial charge on any atom is -0.469 e. The van der Waals surface area contributed by atoms with E-state index in [1.54, 1.807) is 6.26 Å². The van der Waals surface area contributed by atoms with Gasteiger partial charge in [0.2, 0.25) is 0 Å². The molecule has 0 radical (unpaired) electrons. The maximum absolute atomic E-state index is 5.71. The van der Waals surface area contributed by atoms with Crippen LogP contribution in [0.3, 0.4) is 0 Å². The molecule has 1 aromatic heterocycles. The van der Waals surface area contributed by atoms with Gasteiger partial charge in [-0.2, -0.15) is 0 Å².